The van der Waals surface area contributed by atoms with E-state index in [0.29, 0.717) is 12.5 Å². The first kappa shape index (κ1) is 16.4. The van der Waals surface area contributed by atoms with Crippen molar-refractivity contribution in [2.75, 3.05) is 19.6 Å². The molecule has 0 aliphatic heterocycles. The van der Waals surface area contributed by atoms with Gasteiger partial charge in [-0.1, -0.05) is 13.8 Å². The standard InChI is InChI=1S/C11H21N3O4/c1-7(2)4-13-11(18)8(3)14(5-9(12)15)6-10(16)17/h7-8H,4-6H2,1-3H3,(H2,12,15)(H,13,18)(H,16,17). The summed E-state index contributed by atoms with van der Waals surface area (Å²) in [6.45, 7) is 5.27. The van der Waals surface area contributed by atoms with Crippen molar-refractivity contribution in [3.63, 3.8) is 0 Å². The van der Waals surface area contributed by atoms with E-state index in [4.69, 9.17) is 10.8 Å². The molecule has 2 amide bonds. The molecule has 7 heteroatoms. The summed E-state index contributed by atoms with van der Waals surface area (Å²) in [5.74, 6) is -1.80. The predicted molar refractivity (Wildman–Crippen MR) is 65.7 cm³/mol. The fourth-order valence-electron chi connectivity index (χ4n) is 1.32. The lowest BCUT2D eigenvalue weighted by molar-refractivity contribution is -0.140. The van der Waals surface area contributed by atoms with Gasteiger partial charge in [-0.2, -0.15) is 0 Å². The average molecular weight is 259 g/mol. The number of amides is 2. The first-order valence-corrected chi connectivity index (χ1v) is 5.75. The highest BCUT2D eigenvalue weighted by molar-refractivity contribution is 5.84. The summed E-state index contributed by atoms with van der Waals surface area (Å²) in [6, 6.07) is -0.715. The van der Waals surface area contributed by atoms with Crippen molar-refractivity contribution >= 4 is 17.8 Å². The van der Waals surface area contributed by atoms with Gasteiger partial charge < -0.3 is 16.2 Å². The Labute approximate surface area is 106 Å². The summed E-state index contributed by atoms with van der Waals surface area (Å²) in [7, 11) is 0. The van der Waals surface area contributed by atoms with Crippen LogP contribution in [-0.2, 0) is 14.4 Å². The minimum Gasteiger partial charge on any atom is -0.480 e. The maximum atomic E-state index is 11.8. The van der Waals surface area contributed by atoms with E-state index in [1.807, 2.05) is 13.8 Å². The molecule has 0 spiro atoms. The molecule has 1 unspecified atom stereocenters. The van der Waals surface area contributed by atoms with Gasteiger partial charge in [0.25, 0.3) is 0 Å². The van der Waals surface area contributed by atoms with E-state index in [2.05, 4.69) is 5.32 Å². The van der Waals surface area contributed by atoms with Crippen LogP contribution in [0.15, 0.2) is 0 Å². The summed E-state index contributed by atoms with van der Waals surface area (Å²) in [6.07, 6.45) is 0. The molecule has 0 saturated carbocycles. The average Bonchev–Trinajstić information content (AvgIpc) is 2.22. The van der Waals surface area contributed by atoms with Gasteiger partial charge in [0, 0.05) is 6.54 Å². The van der Waals surface area contributed by atoms with Gasteiger partial charge in [0.2, 0.25) is 11.8 Å². The topological polar surface area (TPSA) is 113 Å². The fraction of sp³-hybridized carbons (Fsp3) is 0.727. The zero-order valence-corrected chi connectivity index (χ0v) is 11.0. The lowest BCUT2D eigenvalue weighted by atomic mass is 10.2. The summed E-state index contributed by atoms with van der Waals surface area (Å²) < 4.78 is 0. The van der Waals surface area contributed by atoms with Crippen LogP contribution in [0.4, 0.5) is 0 Å². The van der Waals surface area contributed by atoms with Crippen LogP contribution in [0.2, 0.25) is 0 Å². The van der Waals surface area contributed by atoms with Gasteiger partial charge in [-0.3, -0.25) is 19.3 Å². The number of aliphatic carboxylic acids is 1. The lowest BCUT2D eigenvalue weighted by Gasteiger charge is -2.25. The monoisotopic (exact) mass is 259 g/mol. The number of nitrogens with two attached hydrogens (primary N) is 1. The molecule has 0 aromatic rings. The molecular formula is C11H21N3O4. The van der Waals surface area contributed by atoms with E-state index in [9.17, 15) is 14.4 Å². The maximum Gasteiger partial charge on any atom is 0.317 e. The molecule has 0 aliphatic carbocycles. The summed E-state index contributed by atoms with van der Waals surface area (Å²) in [5, 5.41) is 11.4. The van der Waals surface area contributed by atoms with Crippen molar-refractivity contribution in [2.45, 2.75) is 26.8 Å². The van der Waals surface area contributed by atoms with Crippen molar-refractivity contribution in [1.29, 1.82) is 0 Å². The molecule has 1 atom stereocenters. The van der Waals surface area contributed by atoms with Crippen molar-refractivity contribution in [1.82, 2.24) is 10.2 Å². The molecule has 0 aliphatic rings. The van der Waals surface area contributed by atoms with E-state index >= 15 is 0 Å². The van der Waals surface area contributed by atoms with Crippen LogP contribution < -0.4 is 11.1 Å². The van der Waals surface area contributed by atoms with Crippen molar-refractivity contribution in [2.24, 2.45) is 11.7 Å². The van der Waals surface area contributed by atoms with E-state index < -0.39 is 24.5 Å². The fourth-order valence-corrected chi connectivity index (χ4v) is 1.32. The normalized spacial score (nSPS) is 12.5. The van der Waals surface area contributed by atoms with Crippen LogP contribution in [0, 0.1) is 5.92 Å². The smallest absolute Gasteiger partial charge is 0.317 e. The highest BCUT2D eigenvalue weighted by Gasteiger charge is 2.24. The second kappa shape index (κ2) is 7.65. The largest absolute Gasteiger partial charge is 0.480 e. The molecule has 0 radical (unpaired) electrons. The van der Waals surface area contributed by atoms with Crippen LogP contribution in [0.3, 0.4) is 0 Å². The number of nitrogens with one attached hydrogen (secondary N) is 1. The van der Waals surface area contributed by atoms with E-state index in [1.54, 1.807) is 6.92 Å². The molecule has 7 nitrogen and oxygen atoms in total. The number of carbonyl (C=O) groups is 3. The molecule has 104 valence electrons. The number of carboxylic acids is 1. The first-order valence-electron chi connectivity index (χ1n) is 5.75. The van der Waals surface area contributed by atoms with Crippen molar-refractivity contribution < 1.29 is 19.5 Å². The van der Waals surface area contributed by atoms with E-state index in [-0.39, 0.29) is 12.5 Å². The van der Waals surface area contributed by atoms with Crippen LogP contribution in [0.1, 0.15) is 20.8 Å². The quantitative estimate of drug-likeness (QED) is 0.518. The molecule has 0 bridgehead atoms. The second-order valence-corrected chi connectivity index (χ2v) is 4.58. The molecule has 4 N–H and O–H groups in total. The van der Waals surface area contributed by atoms with Crippen LogP contribution >= 0.6 is 0 Å². The van der Waals surface area contributed by atoms with Crippen LogP contribution in [0.5, 0.6) is 0 Å². The Morgan fingerprint density at radius 3 is 2.17 bits per heavy atom. The molecule has 0 rings (SSSR count). The Kier molecular flexibility index (Phi) is 6.96. The van der Waals surface area contributed by atoms with Gasteiger partial charge in [0.1, 0.15) is 0 Å². The molecule has 18 heavy (non-hydrogen) atoms. The third-order valence-electron chi connectivity index (χ3n) is 2.31. The SMILES string of the molecule is CC(C)CNC(=O)C(C)N(CC(N)=O)CC(=O)O. The number of primary amides is 1. The van der Waals surface area contributed by atoms with Gasteiger partial charge >= 0.3 is 5.97 Å². The number of rotatable bonds is 8. The molecule has 0 saturated heterocycles. The van der Waals surface area contributed by atoms with Gasteiger partial charge in [-0.05, 0) is 12.8 Å². The molecule has 0 aromatic heterocycles. The van der Waals surface area contributed by atoms with Gasteiger partial charge in [0.15, 0.2) is 0 Å². The first-order chi connectivity index (χ1) is 8.23. The zero-order chi connectivity index (χ0) is 14.3. The third-order valence-corrected chi connectivity index (χ3v) is 2.31. The Morgan fingerprint density at radius 1 is 1.22 bits per heavy atom. The number of carboxylic acid groups (broad SMARTS) is 1. The number of hydrogen-bond acceptors (Lipinski definition) is 4. The van der Waals surface area contributed by atoms with E-state index in [1.165, 1.54) is 4.90 Å². The zero-order valence-electron chi connectivity index (χ0n) is 11.0. The van der Waals surface area contributed by atoms with Crippen molar-refractivity contribution in [3.05, 3.63) is 0 Å². The highest BCUT2D eigenvalue weighted by Crippen LogP contribution is 1.99. The minimum absolute atomic E-state index is 0.261. The second-order valence-electron chi connectivity index (χ2n) is 4.58. The lowest BCUT2D eigenvalue weighted by Crippen LogP contribution is -2.50. The predicted octanol–water partition coefficient (Wildman–Crippen LogP) is -0.981. The summed E-state index contributed by atoms with van der Waals surface area (Å²) in [4.78, 5) is 34.5. The Balaban J connectivity index is 4.52. The van der Waals surface area contributed by atoms with Gasteiger partial charge in [0.05, 0.1) is 19.1 Å². The van der Waals surface area contributed by atoms with E-state index in [0.717, 1.165) is 0 Å². The van der Waals surface area contributed by atoms with Crippen molar-refractivity contribution in [3.8, 4) is 0 Å². The molecule has 0 aromatic carbocycles. The van der Waals surface area contributed by atoms with Gasteiger partial charge in [-0.25, -0.2) is 0 Å². The Bertz CT molecular complexity index is 301. The van der Waals surface area contributed by atoms with Crippen LogP contribution in [0.25, 0.3) is 0 Å². The summed E-state index contributed by atoms with van der Waals surface area (Å²) >= 11 is 0. The third kappa shape index (κ3) is 6.85. The van der Waals surface area contributed by atoms with Gasteiger partial charge in [-0.15, -0.1) is 0 Å². The minimum atomic E-state index is -1.11. The molecule has 0 heterocycles. The number of nitrogens with zero attached hydrogens (tertiary/aromatic N) is 1. The van der Waals surface area contributed by atoms with Crippen LogP contribution in [-0.4, -0.2) is 53.5 Å². The maximum absolute atomic E-state index is 11.8. The highest BCUT2D eigenvalue weighted by atomic mass is 16.4. The number of carbonyl (C=O) groups excluding carboxylic acids is 2. The molecular weight excluding hydrogens is 238 g/mol. The Morgan fingerprint density at radius 2 is 1.78 bits per heavy atom. The summed E-state index contributed by atoms with van der Waals surface area (Å²) in [5.41, 5.74) is 5.02. The number of hydrogen-bond donors (Lipinski definition) is 3. The molecule has 0 fully saturated rings. The Hall–Kier alpha value is -1.63.